The number of amides is 1. The van der Waals surface area contributed by atoms with Gasteiger partial charge >= 0.3 is 0 Å². The van der Waals surface area contributed by atoms with Gasteiger partial charge in [0.25, 0.3) is 5.91 Å². The molecule has 0 fully saturated rings. The molecule has 4 rings (SSSR count). The number of hydrogen-bond acceptors (Lipinski definition) is 6. The van der Waals surface area contributed by atoms with Gasteiger partial charge in [0.05, 0.1) is 14.2 Å². The van der Waals surface area contributed by atoms with Gasteiger partial charge in [-0.25, -0.2) is 0 Å². The maximum absolute atomic E-state index is 13.2. The van der Waals surface area contributed by atoms with Gasteiger partial charge in [-0.1, -0.05) is 30.3 Å². The zero-order valence-electron chi connectivity index (χ0n) is 20.6. The van der Waals surface area contributed by atoms with Gasteiger partial charge in [0.15, 0.2) is 11.5 Å². The van der Waals surface area contributed by atoms with Crippen molar-refractivity contribution in [2.45, 2.75) is 13.3 Å². The van der Waals surface area contributed by atoms with Gasteiger partial charge in [0, 0.05) is 12.2 Å². The van der Waals surface area contributed by atoms with Crippen molar-refractivity contribution in [3.05, 3.63) is 82.9 Å². The van der Waals surface area contributed by atoms with Gasteiger partial charge in [-0.3, -0.25) is 4.79 Å². The van der Waals surface area contributed by atoms with Crippen LogP contribution in [-0.2, 0) is 11.2 Å². The highest BCUT2D eigenvalue weighted by Crippen LogP contribution is 2.39. The third-order valence-electron chi connectivity index (χ3n) is 5.87. The van der Waals surface area contributed by atoms with Crippen LogP contribution in [-0.4, -0.2) is 39.9 Å². The van der Waals surface area contributed by atoms with E-state index in [1.165, 1.54) is 14.2 Å². The number of carbonyl (C=O) groups excluding carboxylic acids is 1. The molecule has 0 radical (unpaired) electrons. The largest absolute Gasteiger partial charge is 0.493 e. The van der Waals surface area contributed by atoms with Crippen LogP contribution in [0.2, 0.25) is 0 Å². The van der Waals surface area contributed by atoms with Crippen molar-refractivity contribution >= 4 is 17.7 Å². The number of anilines is 1. The summed E-state index contributed by atoms with van der Waals surface area (Å²) in [7, 11) is 3.05. The molecule has 7 nitrogen and oxygen atoms in total. The van der Waals surface area contributed by atoms with E-state index in [0.717, 1.165) is 29.0 Å². The lowest BCUT2D eigenvalue weighted by Gasteiger charge is -2.17. The number of fused-ring (bicyclic) bond motifs is 1. The topological polar surface area (TPSA) is 81.0 Å². The third-order valence-corrected chi connectivity index (χ3v) is 5.87. The molecule has 36 heavy (non-hydrogen) atoms. The standard InChI is InChI=1S/C29H28N2O5/c1-20-7-6-9-24(15-20)35-13-14-36-28-26(33-2)17-21(18-27(28)34-3)16-23(19-30)29(32)31-12-11-22-8-4-5-10-25(22)31/h4-10,15-18H,11-14H2,1-3H3. The second-order valence-electron chi connectivity index (χ2n) is 8.27. The second-order valence-corrected chi connectivity index (χ2v) is 8.27. The van der Waals surface area contributed by atoms with Crippen LogP contribution in [0.5, 0.6) is 23.0 Å². The van der Waals surface area contributed by atoms with Crippen LogP contribution in [0.15, 0.2) is 66.2 Å². The van der Waals surface area contributed by atoms with E-state index in [1.807, 2.05) is 61.5 Å². The zero-order valence-corrected chi connectivity index (χ0v) is 20.6. The Morgan fingerprint density at radius 1 is 1.00 bits per heavy atom. The van der Waals surface area contributed by atoms with Crippen molar-refractivity contribution < 1.29 is 23.7 Å². The fourth-order valence-corrected chi connectivity index (χ4v) is 4.14. The van der Waals surface area contributed by atoms with E-state index < -0.39 is 0 Å². The maximum atomic E-state index is 13.2. The van der Waals surface area contributed by atoms with E-state index >= 15 is 0 Å². The molecule has 0 saturated carbocycles. The van der Waals surface area contributed by atoms with Gasteiger partial charge in [-0.15, -0.1) is 0 Å². The number of para-hydroxylation sites is 1. The summed E-state index contributed by atoms with van der Waals surface area (Å²) in [6.45, 7) is 3.15. The first-order valence-corrected chi connectivity index (χ1v) is 11.6. The molecule has 184 valence electrons. The van der Waals surface area contributed by atoms with E-state index in [9.17, 15) is 10.1 Å². The van der Waals surface area contributed by atoms with E-state index in [0.29, 0.717) is 36.0 Å². The summed E-state index contributed by atoms with van der Waals surface area (Å²) in [4.78, 5) is 14.8. The average molecular weight is 485 g/mol. The van der Waals surface area contributed by atoms with Crippen molar-refractivity contribution in [2.24, 2.45) is 0 Å². The smallest absolute Gasteiger partial charge is 0.268 e. The molecule has 1 amide bonds. The summed E-state index contributed by atoms with van der Waals surface area (Å²) in [5.74, 6) is 1.70. The first-order valence-electron chi connectivity index (χ1n) is 11.6. The van der Waals surface area contributed by atoms with Crippen molar-refractivity contribution in [3.8, 4) is 29.1 Å². The quantitative estimate of drug-likeness (QED) is 0.242. The summed E-state index contributed by atoms with van der Waals surface area (Å²) >= 11 is 0. The molecular weight excluding hydrogens is 456 g/mol. The molecule has 0 aliphatic carbocycles. The second kappa shape index (κ2) is 11.3. The minimum absolute atomic E-state index is 0.0241. The van der Waals surface area contributed by atoms with Crippen LogP contribution in [0.3, 0.4) is 0 Å². The minimum Gasteiger partial charge on any atom is -0.493 e. The van der Waals surface area contributed by atoms with Crippen LogP contribution >= 0.6 is 0 Å². The van der Waals surface area contributed by atoms with Gasteiger partial charge in [0.1, 0.15) is 30.6 Å². The molecular formula is C29H28N2O5. The van der Waals surface area contributed by atoms with E-state index in [-0.39, 0.29) is 18.1 Å². The molecule has 1 aliphatic heterocycles. The maximum Gasteiger partial charge on any atom is 0.268 e. The molecule has 3 aromatic rings. The lowest BCUT2D eigenvalue weighted by Crippen LogP contribution is -2.29. The average Bonchev–Trinajstić information content (AvgIpc) is 3.33. The summed E-state index contributed by atoms with van der Waals surface area (Å²) in [6.07, 6.45) is 2.31. The first kappa shape index (κ1) is 24.7. The summed E-state index contributed by atoms with van der Waals surface area (Å²) in [5, 5.41) is 9.76. The molecule has 0 saturated heterocycles. The van der Waals surface area contributed by atoms with Gasteiger partial charge in [-0.2, -0.15) is 5.26 Å². The predicted molar refractivity (Wildman–Crippen MR) is 138 cm³/mol. The Hall–Kier alpha value is -4.44. The predicted octanol–water partition coefficient (Wildman–Crippen LogP) is 4.97. The Morgan fingerprint density at radius 3 is 2.42 bits per heavy atom. The lowest BCUT2D eigenvalue weighted by molar-refractivity contribution is -0.114. The number of hydrogen-bond donors (Lipinski definition) is 0. The normalized spacial score (nSPS) is 12.5. The number of rotatable bonds is 9. The Kier molecular flexibility index (Phi) is 7.76. The first-order chi connectivity index (χ1) is 17.5. The molecule has 3 aromatic carbocycles. The molecule has 1 aliphatic rings. The SMILES string of the molecule is COc1cc(C=C(C#N)C(=O)N2CCc3ccccc32)cc(OC)c1OCCOc1cccc(C)c1. The number of ether oxygens (including phenoxy) is 4. The summed E-state index contributed by atoms with van der Waals surface area (Å²) in [5.41, 5.74) is 3.67. The fourth-order valence-electron chi connectivity index (χ4n) is 4.14. The Morgan fingerprint density at radius 2 is 1.72 bits per heavy atom. The molecule has 0 aromatic heterocycles. The number of nitriles is 1. The van der Waals surface area contributed by atoms with E-state index in [4.69, 9.17) is 18.9 Å². The van der Waals surface area contributed by atoms with Crippen LogP contribution in [0.1, 0.15) is 16.7 Å². The van der Waals surface area contributed by atoms with Gasteiger partial charge in [0.2, 0.25) is 5.75 Å². The van der Waals surface area contributed by atoms with Gasteiger partial charge in [-0.05, 0) is 66.4 Å². The molecule has 0 bridgehead atoms. The Balaban J connectivity index is 1.51. The summed E-state index contributed by atoms with van der Waals surface area (Å²) in [6, 6.07) is 21.0. The molecule has 0 spiro atoms. The van der Waals surface area contributed by atoms with E-state index in [1.54, 1.807) is 23.1 Å². The van der Waals surface area contributed by atoms with Crippen molar-refractivity contribution in [3.63, 3.8) is 0 Å². The van der Waals surface area contributed by atoms with Crippen molar-refractivity contribution in [1.82, 2.24) is 0 Å². The van der Waals surface area contributed by atoms with Crippen molar-refractivity contribution in [2.75, 3.05) is 38.9 Å². The molecule has 0 atom stereocenters. The minimum atomic E-state index is -0.339. The highest BCUT2D eigenvalue weighted by molar-refractivity contribution is 6.12. The van der Waals surface area contributed by atoms with Gasteiger partial charge < -0.3 is 23.8 Å². The Bertz CT molecular complexity index is 1300. The fraction of sp³-hybridized carbons (Fsp3) is 0.241. The van der Waals surface area contributed by atoms with Crippen molar-refractivity contribution in [1.29, 1.82) is 5.26 Å². The highest BCUT2D eigenvalue weighted by Gasteiger charge is 2.27. The zero-order chi connectivity index (χ0) is 25.5. The molecule has 0 unspecified atom stereocenters. The Labute approximate surface area is 211 Å². The van der Waals surface area contributed by atoms with E-state index in [2.05, 4.69) is 0 Å². The van der Waals surface area contributed by atoms with Crippen LogP contribution in [0, 0.1) is 18.3 Å². The summed E-state index contributed by atoms with van der Waals surface area (Å²) < 4.78 is 22.7. The van der Waals surface area contributed by atoms with Crippen LogP contribution in [0.25, 0.3) is 6.08 Å². The monoisotopic (exact) mass is 484 g/mol. The number of nitrogens with zero attached hydrogens (tertiary/aromatic N) is 2. The lowest BCUT2D eigenvalue weighted by atomic mass is 10.1. The molecule has 7 heteroatoms. The number of benzene rings is 3. The third kappa shape index (κ3) is 5.44. The van der Waals surface area contributed by atoms with Crippen LogP contribution < -0.4 is 23.8 Å². The number of aryl methyl sites for hydroxylation is 1. The van der Waals surface area contributed by atoms with Crippen LogP contribution in [0.4, 0.5) is 5.69 Å². The highest BCUT2D eigenvalue weighted by atomic mass is 16.6. The number of carbonyl (C=O) groups is 1. The number of methoxy groups -OCH3 is 2. The molecule has 1 heterocycles. The molecule has 0 N–H and O–H groups in total.